The second-order valence-electron chi connectivity index (χ2n) is 8.06. The number of benzene rings is 2. The van der Waals surface area contributed by atoms with E-state index in [2.05, 4.69) is 10.3 Å². The van der Waals surface area contributed by atoms with Crippen LogP contribution in [-0.4, -0.2) is 23.3 Å². The van der Waals surface area contributed by atoms with E-state index in [4.69, 9.17) is 0 Å². The van der Waals surface area contributed by atoms with Crippen LogP contribution in [-0.2, 0) is 17.6 Å². The molecule has 0 spiro atoms. The molecule has 2 aromatic carbocycles. The van der Waals surface area contributed by atoms with Crippen LogP contribution in [0, 0.1) is 6.92 Å². The number of fused-ring (bicyclic) bond motifs is 1. The first kappa shape index (κ1) is 21.1. The Hall–Kier alpha value is -3.77. The van der Waals surface area contributed by atoms with E-state index in [1.54, 1.807) is 11.3 Å². The maximum absolute atomic E-state index is 13.0. The number of carbonyl (C=O) groups excluding carboxylic acids is 2. The summed E-state index contributed by atoms with van der Waals surface area (Å²) in [6, 6.07) is 23.2. The Balaban J connectivity index is 1.33. The number of nitrogens with one attached hydrogen (secondary N) is 1. The van der Waals surface area contributed by atoms with Crippen LogP contribution < -0.4 is 10.2 Å². The van der Waals surface area contributed by atoms with Gasteiger partial charge in [0.15, 0.2) is 0 Å². The van der Waals surface area contributed by atoms with Crippen LogP contribution >= 0.6 is 11.3 Å². The Bertz CT molecular complexity index is 1320. The van der Waals surface area contributed by atoms with Gasteiger partial charge in [-0.05, 0) is 60.2 Å². The second-order valence-corrected chi connectivity index (χ2v) is 9.01. The molecule has 0 bridgehead atoms. The molecule has 0 aliphatic carbocycles. The number of hydrogen-bond donors (Lipinski definition) is 1. The topological polar surface area (TPSA) is 62.3 Å². The molecule has 1 aliphatic heterocycles. The van der Waals surface area contributed by atoms with Gasteiger partial charge < -0.3 is 10.2 Å². The largest absolute Gasteiger partial charge is 0.322 e. The first-order valence-corrected chi connectivity index (χ1v) is 11.8. The molecule has 5 nitrogen and oxygen atoms in total. The summed E-state index contributed by atoms with van der Waals surface area (Å²) >= 11 is 1.62. The third-order valence-electron chi connectivity index (χ3n) is 5.84. The summed E-state index contributed by atoms with van der Waals surface area (Å²) in [6.07, 6.45) is 1.18. The highest BCUT2D eigenvalue weighted by molar-refractivity contribution is 7.13. The summed E-state index contributed by atoms with van der Waals surface area (Å²) in [5.74, 6) is -0.148. The van der Waals surface area contributed by atoms with Gasteiger partial charge in [-0.1, -0.05) is 42.5 Å². The maximum atomic E-state index is 13.0. The minimum Gasteiger partial charge on any atom is -0.322 e. The van der Waals surface area contributed by atoms with Crippen LogP contribution in [0.1, 0.15) is 27.2 Å². The molecule has 3 heterocycles. The first-order chi connectivity index (χ1) is 16.1. The number of pyridine rings is 1. The van der Waals surface area contributed by atoms with E-state index in [0.717, 1.165) is 33.8 Å². The van der Waals surface area contributed by atoms with Gasteiger partial charge in [0.25, 0.3) is 5.91 Å². The fourth-order valence-corrected chi connectivity index (χ4v) is 4.84. The Morgan fingerprint density at radius 1 is 1.03 bits per heavy atom. The monoisotopic (exact) mass is 453 g/mol. The molecular formula is C27H23N3O2S. The number of carbonyl (C=O) groups is 2. The number of hydrogen-bond acceptors (Lipinski definition) is 4. The average Bonchev–Trinajstić information content (AvgIpc) is 3.50. The van der Waals surface area contributed by atoms with Gasteiger partial charge >= 0.3 is 0 Å². The zero-order valence-corrected chi connectivity index (χ0v) is 19.1. The van der Waals surface area contributed by atoms with Crippen molar-refractivity contribution in [1.29, 1.82) is 0 Å². The summed E-state index contributed by atoms with van der Waals surface area (Å²) in [5, 5.41) is 4.99. The van der Waals surface area contributed by atoms with Crippen molar-refractivity contribution >= 4 is 34.5 Å². The molecular weight excluding hydrogens is 430 g/mol. The molecule has 164 valence electrons. The van der Waals surface area contributed by atoms with Crippen molar-refractivity contribution in [1.82, 2.24) is 4.98 Å². The molecule has 2 amide bonds. The number of anilines is 2. The minimum absolute atomic E-state index is 0.0626. The Morgan fingerprint density at radius 2 is 1.88 bits per heavy atom. The molecule has 0 atom stereocenters. The fraction of sp³-hybridized carbons (Fsp3) is 0.148. The number of rotatable bonds is 5. The lowest BCUT2D eigenvalue weighted by molar-refractivity contribution is -0.117. The maximum Gasteiger partial charge on any atom is 0.257 e. The molecule has 0 saturated heterocycles. The number of nitrogens with zero attached hydrogens (tertiary/aromatic N) is 2. The molecule has 1 aliphatic rings. The quantitative estimate of drug-likeness (QED) is 0.434. The summed E-state index contributed by atoms with van der Waals surface area (Å²) in [5.41, 5.74) is 5.73. The van der Waals surface area contributed by atoms with Gasteiger partial charge in [0, 0.05) is 17.9 Å². The van der Waals surface area contributed by atoms with Crippen molar-refractivity contribution in [2.75, 3.05) is 16.8 Å². The van der Waals surface area contributed by atoms with E-state index in [0.29, 0.717) is 29.9 Å². The molecule has 5 rings (SSSR count). The highest BCUT2D eigenvalue weighted by Gasteiger charge is 2.25. The summed E-state index contributed by atoms with van der Waals surface area (Å²) < 4.78 is 0. The SMILES string of the molecule is Cc1nc(-c2cccs2)ccc1C(=O)Nc1ccc2c(c1)N(C(=O)Cc1ccccc1)CC2. The van der Waals surface area contributed by atoms with Gasteiger partial charge in [-0.2, -0.15) is 0 Å². The number of aryl methyl sites for hydroxylation is 1. The van der Waals surface area contributed by atoms with Crippen LogP contribution in [0.4, 0.5) is 11.4 Å². The Kier molecular flexibility index (Phi) is 5.75. The summed E-state index contributed by atoms with van der Waals surface area (Å²) in [4.78, 5) is 33.4. The lowest BCUT2D eigenvalue weighted by atomic mass is 10.1. The Morgan fingerprint density at radius 3 is 2.64 bits per heavy atom. The normalized spacial score (nSPS) is 12.5. The van der Waals surface area contributed by atoms with E-state index in [1.165, 1.54) is 0 Å². The van der Waals surface area contributed by atoms with Crippen LogP contribution in [0.5, 0.6) is 0 Å². The summed E-state index contributed by atoms with van der Waals surface area (Å²) in [6.45, 7) is 2.50. The van der Waals surface area contributed by atoms with Crippen LogP contribution in [0.3, 0.4) is 0 Å². The fourth-order valence-electron chi connectivity index (χ4n) is 4.14. The van der Waals surface area contributed by atoms with E-state index < -0.39 is 0 Å². The van der Waals surface area contributed by atoms with Crippen molar-refractivity contribution in [3.05, 3.63) is 101 Å². The van der Waals surface area contributed by atoms with E-state index in [-0.39, 0.29) is 11.8 Å². The molecule has 4 aromatic rings. The minimum atomic E-state index is -0.210. The van der Waals surface area contributed by atoms with E-state index >= 15 is 0 Å². The Labute approximate surface area is 196 Å². The molecule has 33 heavy (non-hydrogen) atoms. The average molecular weight is 454 g/mol. The third-order valence-corrected chi connectivity index (χ3v) is 6.73. The van der Waals surface area contributed by atoms with Crippen molar-refractivity contribution in [3.8, 4) is 10.6 Å². The van der Waals surface area contributed by atoms with Crippen molar-refractivity contribution < 1.29 is 9.59 Å². The van der Waals surface area contributed by atoms with Crippen LogP contribution in [0.15, 0.2) is 78.2 Å². The predicted octanol–water partition coefficient (Wildman–Crippen LogP) is 5.50. The zero-order chi connectivity index (χ0) is 22.8. The molecule has 0 saturated carbocycles. The van der Waals surface area contributed by atoms with Crippen molar-refractivity contribution in [3.63, 3.8) is 0 Å². The van der Waals surface area contributed by atoms with Crippen molar-refractivity contribution in [2.24, 2.45) is 0 Å². The smallest absolute Gasteiger partial charge is 0.257 e. The lowest BCUT2D eigenvalue weighted by Crippen LogP contribution is -2.30. The number of amides is 2. The zero-order valence-electron chi connectivity index (χ0n) is 18.2. The summed E-state index contributed by atoms with van der Waals surface area (Å²) in [7, 11) is 0. The molecule has 2 aromatic heterocycles. The first-order valence-electron chi connectivity index (χ1n) is 10.9. The van der Waals surface area contributed by atoms with Gasteiger partial charge in [-0.25, -0.2) is 0 Å². The van der Waals surface area contributed by atoms with Gasteiger partial charge in [0.05, 0.1) is 28.2 Å². The van der Waals surface area contributed by atoms with E-state index in [9.17, 15) is 9.59 Å². The molecule has 0 radical (unpaired) electrons. The highest BCUT2D eigenvalue weighted by atomic mass is 32.1. The van der Waals surface area contributed by atoms with Gasteiger partial charge in [0.2, 0.25) is 5.91 Å². The van der Waals surface area contributed by atoms with E-state index in [1.807, 2.05) is 90.0 Å². The van der Waals surface area contributed by atoms with Crippen molar-refractivity contribution in [2.45, 2.75) is 19.8 Å². The lowest BCUT2D eigenvalue weighted by Gasteiger charge is -2.18. The molecule has 6 heteroatoms. The molecule has 0 unspecified atom stereocenters. The predicted molar refractivity (Wildman–Crippen MR) is 133 cm³/mol. The van der Waals surface area contributed by atoms with Gasteiger partial charge in [-0.15, -0.1) is 11.3 Å². The number of aromatic nitrogens is 1. The van der Waals surface area contributed by atoms with Crippen LogP contribution in [0.25, 0.3) is 10.6 Å². The van der Waals surface area contributed by atoms with Crippen LogP contribution in [0.2, 0.25) is 0 Å². The number of thiophene rings is 1. The highest BCUT2D eigenvalue weighted by Crippen LogP contribution is 2.32. The second kappa shape index (κ2) is 9.00. The standard InChI is InChI=1S/C27H23N3O2S/c1-18-22(11-12-23(28-18)25-8-5-15-33-25)27(32)29-21-10-9-20-13-14-30(24(20)17-21)26(31)16-19-6-3-2-4-7-19/h2-12,15,17H,13-14,16H2,1H3,(H,29,32). The third kappa shape index (κ3) is 4.43. The molecule has 1 N–H and O–H groups in total. The van der Waals surface area contributed by atoms with Gasteiger partial charge in [-0.3, -0.25) is 14.6 Å². The molecule has 0 fully saturated rings. The van der Waals surface area contributed by atoms with Gasteiger partial charge in [0.1, 0.15) is 0 Å².